The highest BCUT2D eigenvalue weighted by Crippen LogP contribution is 2.26. The molecule has 6 heteroatoms. The SMILES string of the molecule is CN1CCCC1CCOc1ccc([N+](=O)[O-])c(N)c1. The maximum absolute atomic E-state index is 10.6. The van der Waals surface area contributed by atoms with Crippen LogP contribution in [0.25, 0.3) is 0 Å². The molecule has 1 aromatic carbocycles. The summed E-state index contributed by atoms with van der Waals surface area (Å²) in [5, 5.41) is 10.6. The van der Waals surface area contributed by atoms with Gasteiger partial charge in [-0.2, -0.15) is 0 Å². The van der Waals surface area contributed by atoms with Gasteiger partial charge in [-0.1, -0.05) is 0 Å². The molecule has 0 bridgehead atoms. The monoisotopic (exact) mass is 265 g/mol. The van der Waals surface area contributed by atoms with Gasteiger partial charge >= 0.3 is 0 Å². The van der Waals surface area contributed by atoms with Crippen molar-refractivity contribution in [1.29, 1.82) is 0 Å². The lowest BCUT2D eigenvalue weighted by Crippen LogP contribution is -2.26. The minimum atomic E-state index is -0.493. The van der Waals surface area contributed by atoms with E-state index in [2.05, 4.69) is 11.9 Å². The van der Waals surface area contributed by atoms with Crippen LogP contribution in [0.5, 0.6) is 5.75 Å². The molecule has 1 aliphatic heterocycles. The van der Waals surface area contributed by atoms with E-state index in [1.807, 2.05) is 0 Å². The van der Waals surface area contributed by atoms with Crippen molar-refractivity contribution in [2.24, 2.45) is 0 Å². The Morgan fingerprint density at radius 2 is 2.37 bits per heavy atom. The fourth-order valence-electron chi connectivity index (χ4n) is 2.45. The quantitative estimate of drug-likeness (QED) is 0.500. The van der Waals surface area contributed by atoms with Gasteiger partial charge in [0.15, 0.2) is 0 Å². The highest BCUT2D eigenvalue weighted by Gasteiger charge is 2.20. The lowest BCUT2D eigenvalue weighted by molar-refractivity contribution is -0.383. The highest BCUT2D eigenvalue weighted by molar-refractivity contribution is 5.60. The zero-order valence-corrected chi connectivity index (χ0v) is 11.0. The molecule has 19 heavy (non-hydrogen) atoms. The van der Waals surface area contributed by atoms with Crippen LogP contribution in [-0.4, -0.2) is 36.1 Å². The van der Waals surface area contributed by atoms with E-state index >= 15 is 0 Å². The van der Waals surface area contributed by atoms with Gasteiger partial charge in [0.2, 0.25) is 0 Å². The standard InChI is InChI=1S/C13H19N3O3/c1-15-7-2-3-10(15)6-8-19-11-4-5-13(16(17)18)12(14)9-11/h4-5,9-10H,2-3,6-8,14H2,1H3. The number of hydrogen-bond donors (Lipinski definition) is 1. The Balaban J connectivity index is 1.86. The van der Waals surface area contributed by atoms with Crippen molar-refractivity contribution in [3.63, 3.8) is 0 Å². The second kappa shape index (κ2) is 5.88. The van der Waals surface area contributed by atoms with Crippen molar-refractivity contribution >= 4 is 11.4 Å². The normalized spacial score (nSPS) is 19.5. The summed E-state index contributed by atoms with van der Waals surface area (Å²) in [5.74, 6) is 0.587. The van der Waals surface area contributed by atoms with Crippen molar-refractivity contribution in [3.05, 3.63) is 28.3 Å². The van der Waals surface area contributed by atoms with Gasteiger partial charge in [-0.15, -0.1) is 0 Å². The van der Waals surface area contributed by atoms with Gasteiger partial charge in [0.25, 0.3) is 5.69 Å². The van der Waals surface area contributed by atoms with Crippen molar-refractivity contribution in [3.8, 4) is 5.75 Å². The molecular weight excluding hydrogens is 246 g/mol. The van der Waals surface area contributed by atoms with Crippen molar-refractivity contribution in [2.45, 2.75) is 25.3 Å². The van der Waals surface area contributed by atoms with E-state index in [-0.39, 0.29) is 11.4 Å². The number of likely N-dealkylation sites (tertiary alicyclic amines) is 1. The maximum Gasteiger partial charge on any atom is 0.292 e. The Morgan fingerprint density at radius 1 is 1.58 bits per heavy atom. The number of nitrogens with zero attached hydrogens (tertiary/aromatic N) is 2. The molecule has 2 N–H and O–H groups in total. The van der Waals surface area contributed by atoms with Gasteiger partial charge in [-0.05, 0) is 38.9 Å². The molecule has 1 aromatic rings. The van der Waals surface area contributed by atoms with Crippen LogP contribution < -0.4 is 10.5 Å². The van der Waals surface area contributed by atoms with E-state index < -0.39 is 4.92 Å². The number of anilines is 1. The molecule has 1 unspecified atom stereocenters. The Kier molecular flexibility index (Phi) is 4.21. The molecule has 2 rings (SSSR count). The Hall–Kier alpha value is -1.82. The van der Waals surface area contributed by atoms with E-state index in [0.717, 1.165) is 13.0 Å². The first kappa shape index (κ1) is 13.6. The molecule has 0 amide bonds. The summed E-state index contributed by atoms with van der Waals surface area (Å²) in [5.41, 5.74) is 5.67. The van der Waals surface area contributed by atoms with Crippen LogP contribution in [0.2, 0.25) is 0 Å². The second-order valence-electron chi connectivity index (χ2n) is 4.89. The lowest BCUT2D eigenvalue weighted by atomic mass is 10.1. The molecule has 0 aliphatic carbocycles. The third-order valence-electron chi connectivity index (χ3n) is 3.59. The number of benzene rings is 1. The number of nitrogens with two attached hydrogens (primary N) is 1. The minimum Gasteiger partial charge on any atom is -0.493 e. The molecule has 1 saturated heterocycles. The molecule has 1 aliphatic rings. The van der Waals surface area contributed by atoms with E-state index in [4.69, 9.17) is 10.5 Å². The van der Waals surface area contributed by atoms with Gasteiger partial charge in [-0.25, -0.2) is 0 Å². The number of rotatable bonds is 5. The van der Waals surface area contributed by atoms with Crippen LogP contribution in [0.3, 0.4) is 0 Å². The van der Waals surface area contributed by atoms with Crippen molar-refractivity contribution in [1.82, 2.24) is 4.90 Å². The third kappa shape index (κ3) is 3.35. The number of hydrogen-bond acceptors (Lipinski definition) is 5. The zero-order valence-electron chi connectivity index (χ0n) is 11.0. The summed E-state index contributed by atoms with van der Waals surface area (Å²) in [6.45, 7) is 1.75. The van der Waals surface area contributed by atoms with Crippen molar-refractivity contribution < 1.29 is 9.66 Å². The van der Waals surface area contributed by atoms with Gasteiger partial charge in [0, 0.05) is 18.2 Å². The smallest absolute Gasteiger partial charge is 0.292 e. The average molecular weight is 265 g/mol. The molecule has 0 aromatic heterocycles. The van der Waals surface area contributed by atoms with Gasteiger partial charge < -0.3 is 15.4 Å². The maximum atomic E-state index is 10.6. The molecule has 1 atom stereocenters. The van der Waals surface area contributed by atoms with Crippen LogP contribution in [0.15, 0.2) is 18.2 Å². The topological polar surface area (TPSA) is 81.6 Å². The molecule has 1 heterocycles. The van der Waals surface area contributed by atoms with Crippen LogP contribution >= 0.6 is 0 Å². The van der Waals surface area contributed by atoms with Crippen molar-refractivity contribution in [2.75, 3.05) is 25.9 Å². The number of ether oxygens (including phenoxy) is 1. The molecule has 1 fully saturated rings. The predicted molar refractivity (Wildman–Crippen MR) is 73.3 cm³/mol. The average Bonchev–Trinajstić information content (AvgIpc) is 2.75. The number of nitro benzene ring substituents is 1. The third-order valence-corrected chi connectivity index (χ3v) is 3.59. The minimum absolute atomic E-state index is 0.0807. The summed E-state index contributed by atoms with van der Waals surface area (Å²) in [7, 11) is 2.13. The summed E-state index contributed by atoms with van der Waals surface area (Å²) in [4.78, 5) is 12.5. The summed E-state index contributed by atoms with van der Waals surface area (Å²) in [6.07, 6.45) is 3.42. The Morgan fingerprint density at radius 3 is 2.95 bits per heavy atom. The molecule has 104 valence electrons. The van der Waals surface area contributed by atoms with Gasteiger partial charge in [0.1, 0.15) is 11.4 Å². The first-order chi connectivity index (χ1) is 9.08. The molecule has 6 nitrogen and oxygen atoms in total. The first-order valence-electron chi connectivity index (χ1n) is 6.45. The fourth-order valence-corrected chi connectivity index (χ4v) is 2.45. The van der Waals surface area contributed by atoms with Gasteiger partial charge in [0.05, 0.1) is 11.5 Å². The largest absolute Gasteiger partial charge is 0.493 e. The lowest BCUT2D eigenvalue weighted by Gasteiger charge is -2.19. The number of nitro groups is 1. The van der Waals surface area contributed by atoms with Crippen LogP contribution in [0, 0.1) is 10.1 Å². The summed E-state index contributed by atoms with van der Waals surface area (Å²) in [6, 6.07) is 5.06. The molecule has 0 radical (unpaired) electrons. The van der Waals surface area contributed by atoms with E-state index in [1.165, 1.54) is 25.0 Å². The molecule has 0 saturated carbocycles. The van der Waals surface area contributed by atoms with Crippen LogP contribution in [0.4, 0.5) is 11.4 Å². The van der Waals surface area contributed by atoms with E-state index in [9.17, 15) is 10.1 Å². The summed E-state index contributed by atoms with van der Waals surface area (Å²) < 4.78 is 5.60. The first-order valence-corrected chi connectivity index (χ1v) is 6.45. The summed E-state index contributed by atoms with van der Waals surface area (Å²) >= 11 is 0. The predicted octanol–water partition coefficient (Wildman–Crippen LogP) is 2.04. The van der Waals surface area contributed by atoms with Gasteiger partial charge in [-0.3, -0.25) is 10.1 Å². The zero-order chi connectivity index (χ0) is 13.8. The van der Waals surface area contributed by atoms with E-state index in [0.29, 0.717) is 18.4 Å². The van der Waals surface area contributed by atoms with Crippen LogP contribution in [0.1, 0.15) is 19.3 Å². The Labute approximate surface area is 112 Å². The second-order valence-corrected chi connectivity index (χ2v) is 4.89. The van der Waals surface area contributed by atoms with E-state index in [1.54, 1.807) is 6.07 Å². The molecular formula is C13H19N3O3. The number of nitrogen functional groups attached to an aromatic ring is 1. The molecule has 0 spiro atoms. The highest BCUT2D eigenvalue weighted by atomic mass is 16.6. The Bertz CT molecular complexity index is 464. The fraction of sp³-hybridized carbons (Fsp3) is 0.538. The van der Waals surface area contributed by atoms with Crippen LogP contribution in [-0.2, 0) is 0 Å².